The second kappa shape index (κ2) is 8.47. The number of anilines is 1. The van der Waals surface area contributed by atoms with Gasteiger partial charge >= 0.3 is 0 Å². The maximum atomic E-state index is 14.5. The van der Waals surface area contributed by atoms with Crippen molar-refractivity contribution >= 4 is 21.6 Å². The normalized spacial score (nSPS) is 15.4. The van der Waals surface area contributed by atoms with Crippen LogP contribution >= 0.6 is 0 Å². The molecule has 0 atom stereocenters. The maximum absolute atomic E-state index is 14.5. The van der Waals surface area contributed by atoms with E-state index in [1.165, 1.54) is 33.5 Å². The molecule has 0 aliphatic carbocycles. The smallest absolute Gasteiger partial charge is 0.243 e. The molecule has 2 N–H and O–H groups in total. The van der Waals surface area contributed by atoms with Gasteiger partial charge in [0, 0.05) is 30.9 Å². The molecule has 13 heteroatoms. The summed E-state index contributed by atoms with van der Waals surface area (Å²) in [5.74, 6) is -0.282. The predicted octanol–water partition coefficient (Wildman–Crippen LogP) is 2.03. The van der Waals surface area contributed by atoms with Crippen LogP contribution in [0.15, 0.2) is 36.9 Å². The van der Waals surface area contributed by atoms with Gasteiger partial charge in [0.15, 0.2) is 5.65 Å². The molecule has 1 aromatic carbocycles. The topological polar surface area (TPSA) is 145 Å². The van der Waals surface area contributed by atoms with Crippen LogP contribution in [-0.4, -0.2) is 67.9 Å². The minimum atomic E-state index is -3.21. The molecule has 4 heterocycles. The summed E-state index contributed by atoms with van der Waals surface area (Å²) in [4.78, 5) is 9.15. The molecule has 1 aliphatic rings. The van der Waals surface area contributed by atoms with Crippen molar-refractivity contribution in [2.45, 2.75) is 18.9 Å². The van der Waals surface area contributed by atoms with Crippen LogP contribution in [0, 0.1) is 17.1 Å². The first-order valence-corrected chi connectivity index (χ1v) is 12.3. The van der Waals surface area contributed by atoms with Crippen LogP contribution < -0.4 is 5.32 Å². The van der Waals surface area contributed by atoms with Crippen molar-refractivity contribution < 1.29 is 12.8 Å². The van der Waals surface area contributed by atoms with Gasteiger partial charge in [-0.05, 0) is 30.5 Å². The zero-order valence-corrected chi connectivity index (χ0v) is 18.9. The molecular weight excluding hydrogens is 461 g/mol. The van der Waals surface area contributed by atoms with Crippen molar-refractivity contribution in [3.05, 3.63) is 48.3 Å². The summed E-state index contributed by atoms with van der Waals surface area (Å²) in [6.45, 7) is 0.845. The monoisotopic (exact) mass is 481 g/mol. The average Bonchev–Trinajstić information content (AvgIpc) is 3.48. The number of aromatic nitrogens is 6. The minimum Gasteiger partial charge on any atom is -0.350 e. The lowest BCUT2D eigenvalue weighted by Gasteiger charge is -2.30. The van der Waals surface area contributed by atoms with E-state index in [0.29, 0.717) is 59.9 Å². The SMILES string of the molecule is CS(=O)(=O)N1CCC(Nc2nc3c(-c4ccc(C#N)c(F)c4)c(-c4cn[nH]c4)ncn3n2)CC1. The summed E-state index contributed by atoms with van der Waals surface area (Å²) < 4.78 is 40.9. The fourth-order valence-electron chi connectivity index (χ4n) is 4.06. The molecule has 1 fully saturated rings. The van der Waals surface area contributed by atoms with Gasteiger partial charge in [0.05, 0.1) is 29.3 Å². The number of nitrogens with one attached hydrogen (secondary N) is 2. The van der Waals surface area contributed by atoms with Gasteiger partial charge in [0.25, 0.3) is 0 Å². The van der Waals surface area contributed by atoms with E-state index in [1.807, 2.05) is 6.07 Å². The van der Waals surface area contributed by atoms with Gasteiger partial charge in [-0.25, -0.2) is 22.1 Å². The summed E-state index contributed by atoms with van der Waals surface area (Å²) in [6.07, 6.45) is 7.25. The third kappa shape index (κ3) is 4.09. The quantitative estimate of drug-likeness (QED) is 0.440. The third-order valence-corrected chi connectivity index (χ3v) is 7.10. The molecule has 4 aromatic rings. The van der Waals surface area contributed by atoms with Gasteiger partial charge in [0.2, 0.25) is 16.0 Å². The highest BCUT2D eigenvalue weighted by molar-refractivity contribution is 7.88. The van der Waals surface area contributed by atoms with Crippen LogP contribution in [0.1, 0.15) is 18.4 Å². The summed E-state index contributed by atoms with van der Waals surface area (Å²) in [5, 5.41) is 23.6. The van der Waals surface area contributed by atoms with E-state index in [-0.39, 0.29) is 11.6 Å². The first-order valence-electron chi connectivity index (χ1n) is 10.5. The van der Waals surface area contributed by atoms with Gasteiger partial charge in [-0.3, -0.25) is 5.10 Å². The fraction of sp³-hybridized carbons (Fsp3) is 0.286. The number of nitriles is 1. The highest BCUT2D eigenvalue weighted by Gasteiger charge is 2.26. The molecule has 0 spiro atoms. The van der Waals surface area contributed by atoms with E-state index < -0.39 is 15.8 Å². The molecule has 0 saturated carbocycles. The summed E-state index contributed by atoms with van der Waals surface area (Å²) >= 11 is 0. The van der Waals surface area contributed by atoms with Gasteiger partial charge in [-0.2, -0.15) is 19.9 Å². The first-order chi connectivity index (χ1) is 16.3. The Kier molecular flexibility index (Phi) is 5.46. The van der Waals surface area contributed by atoms with Crippen molar-refractivity contribution in [2.24, 2.45) is 0 Å². The average molecular weight is 482 g/mol. The van der Waals surface area contributed by atoms with E-state index in [2.05, 4.69) is 30.6 Å². The highest BCUT2D eigenvalue weighted by Crippen LogP contribution is 2.34. The molecule has 174 valence electrons. The molecule has 5 rings (SSSR count). The molecule has 0 radical (unpaired) electrons. The molecule has 0 amide bonds. The highest BCUT2D eigenvalue weighted by atomic mass is 32.2. The summed E-state index contributed by atoms with van der Waals surface area (Å²) in [6, 6.07) is 6.17. The second-order valence-electron chi connectivity index (χ2n) is 8.05. The van der Waals surface area contributed by atoms with Crippen molar-refractivity contribution in [3.63, 3.8) is 0 Å². The Bertz CT molecular complexity index is 1500. The van der Waals surface area contributed by atoms with Gasteiger partial charge in [-0.1, -0.05) is 6.07 Å². The van der Waals surface area contributed by atoms with E-state index in [0.717, 1.165) is 0 Å². The lowest BCUT2D eigenvalue weighted by molar-refractivity contribution is 0.331. The van der Waals surface area contributed by atoms with Crippen LogP contribution in [0.25, 0.3) is 28.0 Å². The van der Waals surface area contributed by atoms with Gasteiger partial charge in [-0.15, -0.1) is 5.10 Å². The molecule has 0 unspecified atom stereocenters. The summed E-state index contributed by atoms with van der Waals surface area (Å²) in [5.41, 5.74) is 2.65. The van der Waals surface area contributed by atoms with E-state index in [4.69, 9.17) is 5.26 Å². The predicted molar refractivity (Wildman–Crippen MR) is 122 cm³/mol. The third-order valence-electron chi connectivity index (χ3n) is 5.79. The Labute approximate surface area is 194 Å². The molecule has 1 aliphatic heterocycles. The van der Waals surface area contributed by atoms with Crippen LogP contribution in [0.2, 0.25) is 0 Å². The molecule has 1 saturated heterocycles. The largest absolute Gasteiger partial charge is 0.350 e. The molecule has 0 bridgehead atoms. The van der Waals surface area contributed by atoms with Crippen LogP contribution in [0.3, 0.4) is 0 Å². The van der Waals surface area contributed by atoms with Crippen LogP contribution in [-0.2, 0) is 10.0 Å². The molecular formula is C21H20FN9O2S. The Morgan fingerprint density at radius 3 is 2.71 bits per heavy atom. The zero-order valence-electron chi connectivity index (χ0n) is 18.1. The fourth-order valence-corrected chi connectivity index (χ4v) is 4.93. The number of benzene rings is 1. The number of hydrogen-bond donors (Lipinski definition) is 2. The molecule has 3 aromatic heterocycles. The number of aromatic amines is 1. The maximum Gasteiger partial charge on any atom is 0.243 e. The number of rotatable bonds is 5. The first kappa shape index (κ1) is 21.9. The van der Waals surface area contributed by atoms with Crippen LogP contribution in [0.5, 0.6) is 0 Å². The van der Waals surface area contributed by atoms with Gasteiger partial charge in [0.1, 0.15) is 18.2 Å². The number of nitrogens with zero attached hydrogens (tertiary/aromatic N) is 7. The molecule has 11 nitrogen and oxygen atoms in total. The van der Waals surface area contributed by atoms with E-state index in [1.54, 1.807) is 18.5 Å². The Morgan fingerprint density at radius 2 is 2.06 bits per heavy atom. The van der Waals surface area contributed by atoms with E-state index >= 15 is 0 Å². The van der Waals surface area contributed by atoms with Crippen LogP contribution in [0.4, 0.5) is 10.3 Å². The van der Waals surface area contributed by atoms with Crippen molar-refractivity contribution in [1.29, 1.82) is 5.26 Å². The van der Waals surface area contributed by atoms with Crippen molar-refractivity contribution in [3.8, 4) is 28.5 Å². The zero-order chi connectivity index (χ0) is 23.9. The Hall–Kier alpha value is -3.89. The van der Waals surface area contributed by atoms with Crippen molar-refractivity contribution in [2.75, 3.05) is 24.7 Å². The lowest BCUT2D eigenvalue weighted by atomic mass is 10.0. The number of sulfonamides is 1. The number of piperidine rings is 1. The number of hydrogen-bond acceptors (Lipinski definition) is 8. The number of halogens is 1. The number of H-pyrrole nitrogens is 1. The molecule has 34 heavy (non-hydrogen) atoms. The van der Waals surface area contributed by atoms with Crippen molar-refractivity contribution in [1.82, 2.24) is 34.1 Å². The Morgan fingerprint density at radius 1 is 1.26 bits per heavy atom. The van der Waals surface area contributed by atoms with Gasteiger partial charge < -0.3 is 5.32 Å². The Balaban J connectivity index is 1.53. The minimum absolute atomic E-state index is 0.00696. The van der Waals surface area contributed by atoms with E-state index in [9.17, 15) is 12.8 Å². The summed E-state index contributed by atoms with van der Waals surface area (Å²) in [7, 11) is -3.21. The second-order valence-corrected chi connectivity index (χ2v) is 10.0. The lowest BCUT2D eigenvalue weighted by Crippen LogP contribution is -2.41. The number of fused-ring (bicyclic) bond motifs is 1. The standard InChI is InChI=1S/C21H20FN9O2S/c1-34(32,33)30-6-4-16(5-7-30)27-21-28-20-18(13-2-3-14(9-23)17(22)8-13)19(15-10-25-26-11-15)24-12-31(20)29-21/h2-3,8,10-12,16H,4-7H2,1H3,(H,25,26)(H,27,29).